The minimum absolute atomic E-state index is 0. The summed E-state index contributed by atoms with van der Waals surface area (Å²) >= 11 is 1.47. The van der Waals surface area contributed by atoms with Crippen LogP contribution in [-0.4, -0.2) is 75.9 Å². The van der Waals surface area contributed by atoms with E-state index in [2.05, 4.69) is 4.90 Å². The van der Waals surface area contributed by atoms with E-state index in [1.54, 1.807) is 36.3 Å². The highest BCUT2D eigenvalue weighted by molar-refractivity contribution is 7.89. The van der Waals surface area contributed by atoms with Gasteiger partial charge >= 0.3 is 0 Å². The number of hydrogen-bond donors (Lipinski definition) is 0. The fraction of sp³-hybridized carbons (Fsp3) is 0.462. The Balaban J connectivity index is 0.00000380. The van der Waals surface area contributed by atoms with Crippen molar-refractivity contribution in [1.82, 2.24) is 14.2 Å². The molecule has 1 aliphatic rings. The molecule has 1 aromatic heterocycles. The minimum Gasteiger partial charge on any atom is -0.494 e. The zero-order chi connectivity index (χ0) is 25.9. The van der Waals surface area contributed by atoms with Gasteiger partial charge in [0.05, 0.1) is 16.7 Å². The number of methoxy groups -OCH3 is 1. The molecule has 1 aliphatic heterocycles. The summed E-state index contributed by atoms with van der Waals surface area (Å²) in [4.78, 5) is 22.5. The lowest BCUT2D eigenvalue weighted by Crippen LogP contribution is -2.35. The van der Waals surface area contributed by atoms with E-state index in [4.69, 9.17) is 9.72 Å². The molecule has 11 heteroatoms. The Kier molecular flexibility index (Phi) is 9.93. The van der Waals surface area contributed by atoms with Crippen molar-refractivity contribution in [3.63, 3.8) is 0 Å². The standard InChI is InChI=1S/C26H34N4O4S2.ClH/c1-19-9-14-22(34-4)23-24(19)35-26(27-23)30(18-8-15-28(2)3)25(31)20-10-12-21(13-11-20)36(32,33)29-16-6-5-7-17-29;/h9-14H,5-8,15-18H2,1-4H3;1H. The Morgan fingerprint density at radius 2 is 1.73 bits per heavy atom. The van der Waals surface area contributed by atoms with Gasteiger partial charge in [0.2, 0.25) is 10.0 Å². The summed E-state index contributed by atoms with van der Waals surface area (Å²) in [7, 11) is 2.06. The average Bonchev–Trinajstić information content (AvgIpc) is 3.33. The minimum atomic E-state index is -3.55. The molecule has 3 aromatic rings. The molecule has 202 valence electrons. The summed E-state index contributed by atoms with van der Waals surface area (Å²) in [6, 6.07) is 10.2. The molecule has 37 heavy (non-hydrogen) atoms. The number of carbonyl (C=O) groups is 1. The number of halogens is 1. The molecular formula is C26H35ClN4O4S2. The van der Waals surface area contributed by atoms with Gasteiger partial charge in [-0.25, -0.2) is 13.4 Å². The molecule has 0 bridgehead atoms. The lowest BCUT2D eigenvalue weighted by Gasteiger charge is -2.26. The molecule has 2 heterocycles. The number of hydrogen-bond acceptors (Lipinski definition) is 7. The molecule has 4 rings (SSSR count). The van der Waals surface area contributed by atoms with Crippen molar-refractivity contribution < 1.29 is 17.9 Å². The summed E-state index contributed by atoms with van der Waals surface area (Å²) in [6.45, 7) is 4.42. The number of thiazole rings is 1. The molecule has 0 radical (unpaired) electrons. The first-order valence-corrected chi connectivity index (χ1v) is 14.5. The number of amides is 1. The van der Waals surface area contributed by atoms with E-state index < -0.39 is 10.0 Å². The maximum absolute atomic E-state index is 13.7. The van der Waals surface area contributed by atoms with Crippen LogP contribution in [0.3, 0.4) is 0 Å². The second kappa shape index (κ2) is 12.5. The number of nitrogens with zero attached hydrogens (tertiary/aromatic N) is 4. The third-order valence-electron chi connectivity index (χ3n) is 6.43. The summed E-state index contributed by atoms with van der Waals surface area (Å²) in [5.74, 6) is 0.470. The van der Waals surface area contributed by atoms with Crippen LogP contribution in [0.4, 0.5) is 5.13 Å². The lowest BCUT2D eigenvalue weighted by atomic mass is 10.2. The van der Waals surface area contributed by atoms with Crippen LogP contribution >= 0.6 is 23.7 Å². The van der Waals surface area contributed by atoms with E-state index in [0.29, 0.717) is 36.1 Å². The van der Waals surface area contributed by atoms with Gasteiger partial charge in [-0.1, -0.05) is 23.8 Å². The van der Waals surface area contributed by atoms with Crippen molar-refractivity contribution in [2.24, 2.45) is 0 Å². The topological polar surface area (TPSA) is 83.0 Å². The number of anilines is 1. The number of aromatic nitrogens is 1. The molecule has 0 spiro atoms. The Morgan fingerprint density at radius 3 is 2.35 bits per heavy atom. The van der Waals surface area contributed by atoms with Crippen molar-refractivity contribution >= 4 is 55.0 Å². The quantitative estimate of drug-likeness (QED) is 0.370. The molecule has 1 amide bonds. The van der Waals surface area contributed by atoms with Crippen LogP contribution in [0.15, 0.2) is 41.3 Å². The van der Waals surface area contributed by atoms with Gasteiger partial charge in [-0.15, -0.1) is 12.4 Å². The summed E-state index contributed by atoms with van der Waals surface area (Å²) < 4.78 is 34.1. The van der Waals surface area contributed by atoms with Gasteiger partial charge in [0.25, 0.3) is 5.91 Å². The smallest absolute Gasteiger partial charge is 0.260 e. The normalized spacial score (nSPS) is 14.5. The van der Waals surface area contributed by atoms with Crippen molar-refractivity contribution in [3.8, 4) is 5.75 Å². The first-order chi connectivity index (χ1) is 17.2. The largest absolute Gasteiger partial charge is 0.494 e. The number of piperidine rings is 1. The van der Waals surface area contributed by atoms with E-state index >= 15 is 0 Å². The van der Waals surface area contributed by atoms with E-state index in [9.17, 15) is 13.2 Å². The monoisotopic (exact) mass is 566 g/mol. The Hall–Kier alpha value is -2.24. The maximum Gasteiger partial charge on any atom is 0.260 e. The van der Waals surface area contributed by atoms with Gasteiger partial charge in [-0.05, 0) is 82.7 Å². The van der Waals surface area contributed by atoms with Crippen molar-refractivity contribution in [2.75, 3.05) is 52.3 Å². The maximum atomic E-state index is 13.7. The number of rotatable bonds is 9. The molecule has 0 unspecified atom stereocenters. The van der Waals surface area contributed by atoms with Gasteiger partial charge < -0.3 is 9.64 Å². The summed E-state index contributed by atoms with van der Waals surface area (Å²) in [5, 5.41) is 0.603. The molecule has 0 saturated carbocycles. The van der Waals surface area contributed by atoms with Gasteiger partial charge in [-0.3, -0.25) is 9.69 Å². The van der Waals surface area contributed by atoms with Crippen LogP contribution in [0.25, 0.3) is 10.2 Å². The zero-order valence-corrected chi connectivity index (χ0v) is 24.2. The van der Waals surface area contributed by atoms with Crippen LogP contribution < -0.4 is 9.64 Å². The first kappa shape index (κ1) is 29.3. The van der Waals surface area contributed by atoms with Crippen molar-refractivity contribution in [1.29, 1.82) is 0 Å². The Labute approximate surface area is 229 Å². The number of sulfonamides is 1. The van der Waals surface area contributed by atoms with Crippen LogP contribution in [-0.2, 0) is 10.0 Å². The molecular weight excluding hydrogens is 532 g/mol. The van der Waals surface area contributed by atoms with Crippen LogP contribution in [0, 0.1) is 6.92 Å². The SMILES string of the molecule is COc1ccc(C)c2sc(N(CCCN(C)C)C(=O)c3ccc(S(=O)(=O)N4CCCCC4)cc3)nc12.Cl. The third-order valence-corrected chi connectivity index (χ3v) is 9.56. The zero-order valence-electron chi connectivity index (χ0n) is 21.8. The molecule has 1 fully saturated rings. The highest BCUT2D eigenvalue weighted by atomic mass is 35.5. The van der Waals surface area contributed by atoms with E-state index in [1.807, 2.05) is 33.2 Å². The number of carbonyl (C=O) groups excluding carboxylic acids is 1. The molecule has 2 aromatic carbocycles. The lowest BCUT2D eigenvalue weighted by molar-refractivity contribution is 0.0986. The summed E-state index contributed by atoms with van der Waals surface area (Å²) in [5.41, 5.74) is 2.24. The predicted octanol–water partition coefficient (Wildman–Crippen LogP) is 4.81. The van der Waals surface area contributed by atoms with Gasteiger partial charge in [0.1, 0.15) is 11.3 Å². The number of aryl methyl sites for hydroxylation is 1. The number of fused-ring (bicyclic) bond motifs is 1. The Morgan fingerprint density at radius 1 is 1.05 bits per heavy atom. The number of ether oxygens (including phenoxy) is 1. The van der Waals surface area contributed by atoms with Crippen molar-refractivity contribution in [3.05, 3.63) is 47.5 Å². The molecule has 8 nitrogen and oxygen atoms in total. The van der Waals surface area contributed by atoms with E-state index in [-0.39, 0.29) is 23.2 Å². The molecule has 1 saturated heterocycles. The average molecular weight is 567 g/mol. The fourth-order valence-corrected chi connectivity index (χ4v) is 6.98. The number of benzene rings is 2. The third kappa shape index (κ3) is 6.43. The van der Waals surface area contributed by atoms with E-state index in [1.165, 1.54) is 15.6 Å². The second-order valence-corrected chi connectivity index (χ2v) is 12.3. The van der Waals surface area contributed by atoms with Crippen LogP contribution in [0.5, 0.6) is 5.75 Å². The Bertz CT molecular complexity index is 1320. The highest BCUT2D eigenvalue weighted by Crippen LogP contribution is 2.37. The van der Waals surface area contributed by atoms with Crippen LogP contribution in [0.2, 0.25) is 0 Å². The van der Waals surface area contributed by atoms with Crippen molar-refractivity contribution in [2.45, 2.75) is 37.5 Å². The van der Waals surface area contributed by atoms with Gasteiger partial charge in [-0.2, -0.15) is 4.31 Å². The van der Waals surface area contributed by atoms with Gasteiger partial charge in [0.15, 0.2) is 5.13 Å². The molecule has 0 aliphatic carbocycles. The highest BCUT2D eigenvalue weighted by Gasteiger charge is 2.27. The fourth-order valence-electron chi connectivity index (χ4n) is 4.39. The molecule has 0 N–H and O–H groups in total. The van der Waals surface area contributed by atoms with Gasteiger partial charge in [0, 0.05) is 25.2 Å². The first-order valence-electron chi connectivity index (χ1n) is 12.2. The van der Waals surface area contributed by atoms with E-state index in [0.717, 1.165) is 48.0 Å². The predicted molar refractivity (Wildman–Crippen MR) is 152 cm³/mol. The second-order valence-electron chi connectivity index (χ2n) is 9.36. The van der Waals surface area contributed by atoms with Crippen LogP contribution in [0.1, 0.15) is 41.6 Å². The summed E-state index contributed by atoms with van der Waals surface area (Å²) in [6.07, 6.45) is 3.58. The molecule has 0 atom stereocenters.